The number of halogens is 1. The molecule has 5 aromatic rings. The second-order valence-electron chi connectivity index (χ2n) is 8.95. The SMILES string of the molecule is Cc1ccc(-c2cc3c(N4CCN[C@H](C(=O)NCc5ccc6sccc6c5)C4)ncnc3s2)cc1F. The summed E-state index contributed by atoms with van der Waals surface area (Å²) in [5.74, 6) is 0.552. The fourth-order valence-electron chi connectivity index (χ4n) is 4.54. The van der Waals surface area contributed by atoms with Gasteiger partial charge in [-0.2, -0.15) is 0 Å². The lowest BCUT2D eigenvalue weighted by atomic mass is 10.1. The lowest BCUT2D eigenvalue weighted by Gasteiger charge is -2.34. The molecule has 1 atom stereocenters. The highest BCUT2D eigenvalue weighted by molar-refractivity contribution is 7.22. The number of piperazine rings is 1. The summed E-state index contributed by atoms with van der Waals surface area (Å²) in [6.07, 6.45) is 1.56. The van der Waals surface area contributed by atoms with Crippen LogP contribution >= 0.6 is 22.7 Å². The van der Waals surface area contributed by atoms with Crippen molar-refractivity contribution in [2.75, 3.05) is 24.5 Å². The van der Waals surface area contributed by atoms with Gasteiger partial charge in [-0.1, -0.05) is 18.2 Å². The number of benzene rings is 2. The van der Waals surface area contributed by atoms with Gasteiger partial charge >= 0.3 is 0 Å². The Bertz CT molecular complexity index is 1580. The maximum atomic E-state index is 14.2. The van der Waals surface area contributed by atoms with E-state index in [9.17, 15) is 9.18 Å². The van der Waals surface area contributed by atoms with E-state index in [0.717, 1.165) is 38.6 Å². The molecule has 0 unspecified atom stereocenters. The number of aromatic nitrogens is 2. The number of nitrogens with one attached hydrogen (secondary N) is 2. The number of rotatable bonds is 5. The zero-order valence-corrected chi connectivity index (χ0v) is 21.3. The van der Waals surface area contributed by atoms with Gasteiger partial charge in [-0.05, 0) is 64.7 Å². The lowest BCUT2D eigenvalue weighted by molar-refractivity contribution is -0.123. The van der Waals surface area contributed by atoms with Crippen LogP contribution in [0.15, 0.2) is 60.2 Å². The third-order valence-corrected chi connectivity index (χ3v) is 8.53. The molecule has 1 aliphatic rings. The Kier molecular flexibility index (Phi) is 6.12. The average molecular weight is 518 g/mol. The van der Waals surface area contributed by atoms with Crippen LogP contribution in [-0.4, -0.2) is 41.6 Å². The largest absolute Gasteiger partial charge is 0.353 e. The summed E-state index contributed by atoms with van der Waals surface area (Å²) in [5, 5.41) is 10.6. The zero-order chi connectivity index (χ0) is 24.6. The molecule has 0 aliphatic carbocycles. The van der Waals surface area contributed by atoms with Gasteiger partial charge in [0.25, 0.3) is 0 Å². The fourth-order valence-corrected chi connectivity index (χ4v) is 6.30. The Labute approximate surface area is 215 Å². The zero-order valence-electron chi connectivity index (χ0n) is 19.6. The van der Waals surface area contributed by atoms with E-state index in [-0.39, 0.29) is 17.8 Å². The number of carbonyl (C=O) groups is 1. The molecule has 1 saturated heterocycles. The molecule has 0 spiro atoms. The van der Waals surface area contributed by atoms with Gasteiger partial charge in [0.15, 0.2) is 0 Å². The first-order valence-electron chi connectivity index (χ1n) is 11.8. The van der Waals surface area contributed by atoms with Crippen molar-refractivity contribution in [2.24, 2.45) is 0 Å². The molecular formula is C27H24FN5OS2. The van der Waals surface area contributed by atoms with Gasteiger partial charge in [0.1, 0.15) is 28.8 Å². The monoisotopic (exact) mass is 517 g/mol. The first-order chi connectivity index (χ1) is 17.5. The molecule has 0 bridgehead atoms. The van der Waals surface area contributed by atoms with Crippen molar-refractivity contribution in [1.82, 2.24) is 20.6 Å². The summed E-state index contributed by atoms with van der Waals surface area (Å²) >= 11 is 3.23. The first kappa shape index (κ1) is 23.0. The standard InChI is InChI=1S/C27H24FN5OS2/c1-16-2-4-18(11-21(16)28)24-12-20-25(31-15-32-27(20)36-24)33-8-7-29-22(14-33)26(34)30-13-17-3-5-23-19(10-17)6-9-35-23/h2-6,9-12,15,22,29H,7-8,13-14H2,1H3,(H,30,34)/t22-/m0/s1. The number of carbonyl (C=O) groups excluding carboxylic acids is 1. The van der Waals surface area contributed by atoms with E-state index in [1.54, 1.807) is 36.7 Å². The predicted octanol–water partition coefficient (Wildman–Crippen LogP) is 5.12. The van der Waals surface area contributed by atoms with E-state index in [2.05, 4.69) is 55.1 Å². The molecule has 182 valence electrons. The molecule has 3 aromatic heterocycles. The normalized spacial score (nSPS) is 16.1. The summed E-state index contributed by atoms with van der Waals surface area (Å²) in [4.78, 5) is 26.0. The van der Waals surface area contributed by atoms with Crippen LogP contribution in [0.2, 0.25) is 0 Å². The number of amides is 1. The van der Waals surface area contributed by atoms with E-state index >= 15 is 0 Å². The number of nitrogens with zero attached hydrogens (tertiary/aromatic N) is 3. The highest BCUT2D eigenvalue weighted by Crippen LogP contribution is 2.36. The van der Waals surface area contributed by atoms with Gasteiger partial charge in [-0.25, -0.2) is 14.4 Å². The fraction of sp³-hybridized carbons (Fsp3) is 0.222. The van der Waals surface area contributed by atoms with Gasteiger partial charge in [0.2, 0.25) is 5.91 Å². The summed E-state index contributed by atoms with van der Waals surface area (Å²) in [7, 11) is 0. The Morgan fingerprint density at radius 2 is 2.11 bits per heavy atom. The number of hydrogen-bond donors (Lipinski definition) is 2. The molecule has 1 fully saturated rings. The van der Waals surface area contributed by atoms with Crippen LogP contribution in [0.4, 0.5) is 10.2 Å². The third-order valence-electron chi connectivity index (χ3n) is 6.54. The maximum Gasteiger partial charge on any atom is 0.239 e. The Hall–Kier alpha value is -3.40. The van der Waals surface area contributed by atoms with Crippen LogP contribution in [0.25, 0.3) is 30.7 Å². The molecule has 2 aromatic carbocycles. The molecule has 6 rings (SSSR count). The summed E-state index contributed by atoms with van der Waals surface area (Å²) in [6, 6.07) is 15.3. The van der Waals surface area contributed by atoms with E-state index in [1.807, 2.05) is 12.1 Å². The predicted molar refractivity (Wildman–Crippen MR) is 145 cm³/mol. The minimum Gasteiger partial charge on any atom is -0.353 e. The second-order valence-corrected chi connectivity index (χ2v) is 10.9. The van der Waals surface area contributed by atoms with Crippen LogP contribution in [0.1, 0.15) is 11.1 Å². The Balaban J connectivity index is 1.19. The molecule has 1 amide bonds. The van der Waals surface area contributed by atoms with Crippen LogP contribution in [0.5, 0.6) is 0 Å². The van der Waals surface area contributed by atoms with Crippen LogP contribution in [0, 0.1) is 12.7 Å². The van der Waals surface area contributed by atoms with E-state index in [0.29, 0.717) is 25.2 Å². The van der Waals surface area contributed by atoms with Crippen LogP contribution < -0.4 is 15.5 Å². The number of aryl methyl sites for hydroxylation is 1. The third kappa shape index (κ3) is 4.45. The van der Waals surface area contributed by atoms with Crippen molar-refractivity contribution in [2.45, 2.75) is 19.5 Å². The number of hydrogen-bond acceptors (Lipinski definition) is 7. The van der Waals surface area contributed by atoms with Crippen LogP contribution in [0.3, 0.4) is 0 Å². The van der Waals surface area contributed by atoms with Gasteiger partial charge in [0, 0.05) is 35.8 Å². The molecule has 1 aliphatic heterocycles. The number of thiophene rings is 2. The van der Waals surface area contributed by atoms with Crippen LogP contribution in [-0.2, 0) is 11.3 Å². The van der Waals surface area contributed by atoms with Crippen molar-refractivity contribution in [3.63, 3.8) is 0 Å². The van der Waals surface area contributed by atoms with Crippen molar-refractivity contribution in [3.8, 4) is 10.4 Å². The molecule has 4 heterocycles. The van der Waals surface area contributed by atoms with E-state index in [1.165, 1.54) is 21.4 Å². The smallest absolute Gasteiger partial charge is 0.239 e. The van der Waals surface area contributed by atoms with Gasteiger partial charge in [-0.15, -0.1) is 22.7 Å². The van der Waals surface area contributed by atoms with Gasteiger partial charge < -0.3 is 15.5 Å². The maximum absolute atomic E-state index is 14.2. The molecule has 2 N–H and O–H groups in total. The van der Waals surface area contributed by atoms with Crippen molar-refractivity contribution in [1.29, 1.82) is 0 Å². The molecular weight excluding hydrogens is 493 g/mol. The quantitative estimate of drug-likeness (QED) is 0.339. The second kappa shape index (κ2) is 9.57. The van der Waals surface area contributed by atoms with Crippen molar-refractivity contribution < 1.29 is 9.18 Å². The molecule has 0 radical (unpaired) electrons. The molecule has 36 heavy (non-hydrogen) atoms. The molecule has 6 nitrogen and oxygen atoms in total. The van der Waals surface area contributed by atoms with Crippen molar-refractivity contribution >= 4 is 54.7 Å². The number of anilines is 1. The topological polar surface area (TPSA) is 70.2 Å². The Morgan fingerprint density at radius 1 is 1.19 bits per heavy atom. The summed E-state index contributed by atoms with van der Waals surface area (Å²) in [5.41, 5.74) is 2.53. The van der Waals surface area contributed by atoms with E-state index < -0.39 is 0 Å². The van der Waals surface area contributed by atoms with Gasteiger partial charge in [-0.3, -0.25) is 4.79 Å². The molecule has 0 saturated carbocycles. The average Bonchev–Trinajstić information content (AvgIpc) is 3.55. The summed E-state index contributed by atoms with van der Waals surface area (Å²) in [6.45, 7) is 4.15. The first-order valence-corrected chi connectivity index (χ1v) is 13.5. The van der Waals surface area contributed by atoms with Gasteiger partial charge in [0.05, 0.1) is 5.39 Å². The minimum atomic E-state index is -0.349. The van der Waals surface area contributed by atoms with Crippen molar-refractivity contribution in [3.05, 3.63) is 77.2 Å². The number of fused-ring (bicyclic) bond motifs is 2. The van der Waals surface area contributed by atoms with E-state index in [4.69, 9.17) is 0 Å². The highest BCUT2D eigenvalue weighted by atomic mass is 32.1. The molecule has 9 heteroatoms. The summed E-state index contributed by atoms with van der Waals surface area (Å²) < 4.78 is 15.4. The lowest BCUT2D eigenvalue weighted by Crippen LogP contribution is -2.57. The highest BCUT2D eigenvalue weighted by Gasteiger charge is 2.27. The Morgan fingerprint density at radius 3 is 3.00 bits per heavy atom. The minimum absolute atomic E-state index is 0.0310.